The minimum Gasteiger partial charge on any atom is -0.497 e. The van der Waals surface area contributed by atoms with Crippen molar-refractivity contribution in [1.29, 1.82) is 0 Å². The maximum atomic E-state index is 13.9. The van der Waals surface area contributed by atoms with Crippen LogP contribution < -0.4 is 4.74 Å². The van der Waals surface area contributed by atoms with Crippen molar-refractivity contribution < 1.29 is 9.13 Å². The standard InChI is InChI=1S/C14H10BrCl2FO/c1-19-9-4-2-3-8(5-9)14(17)10-6-12(16)11(15)7-13(10)18/h2-7,14H,1H3. The van der Waals surface area contributed by atoms with Gasteiger partial charge in [0.05, 0.1) is 17.5 Å². The summed E-state index contributed by atoms with van der Waals surface area (Å²) in [6.45, 7) is 0. The van der Waals surface area contributed by atoms with Gasteiger partial charge in [0.1, 0.15) is 11.6 Å². The second-order valence-corrected chi connectivity index (χ2v) is 5.62. The molecular weight excluding hydrogens is 354 g/mol. The third kappa shape index (κ3) is 3.22. The number of methoxy groups -OCH3 is 1. The summed E-state index contributed by atoms with van der Waals surface area (Å²) in [6.07, 6.45) is 0. The Morgan fingerprint density at radius 2 is 2.00 bits per heavy atom. The van der Waals surface area contributed by atoms with Crippen LogP contribution in [0.3, 0.4) is 0 Å². The van der Waals surface area contributed by atoms with E-state index in [9.17, 15) is 4.39 Å². The second-order valence-electron chi connectivity index (χ2n) is 3.93. The van der Waals surface area contributed by atoms with Gasteiger partial charge in [0, 0.05) is 10.0 Å². The summed E-state index contributed by atoms with van der Waals surface area (Å²) < 4.78 is 19.6. The average Bonchev–Trinajstić information content (AvgIpc) is 2.42. The molecule has 0 aliphatic carbocycles. The van der Waals surface area contributed by atoms with Gasteiger partial charge in [0.2, 0.25) is 0 Å². The Labute approximate surface area is 129 Å². The molecule has 0 N–H and O–H groups in total. The summed E-state index contributed by atoms with van der Waals surface area (Å²) in [5.41, 5.74) is 1.08. The van der Waals surface area contributed by atoms with E-state index in [0.717, 1.165) is 5.56 Å². The van der Waals surface area contributed by atoms with Crippen molar-refractivity contribution in [3.05, 3.63) is 62.8 Å². The van der Waals surface area contributed by atoms with Gasteiger partial charge in [-0.3, -0.25) is 0 Å². The molecule has 0 amide bonds. The lowest BCUT2D eigenvalue weighted by Gasteiger charge is -2.13. The Morgan fingerprint density at radius 3 is 2.68 bits per heavy atom. The Morgan fingerprint density at radius 1 is 1.26 bits per heavy atom. The molecule has 19 heavy (non-hydrogen) atoms. The van der Waals surface area contributed by atoms with E-state index in [2.05, 4.69) is 15.9 Å². The summed E-state index contributed by atoms with van der Waals surface area (Å²) in [6, 6.07) is 10.0. The first-order valence-electron chi connectivity index (χ1n) is 5.45. The third-order valence-electron chi connectivity index (χ3n) is 2.70. The summed E-state index contributed by atoms with van der Waals surface area (Å²) >= 11 is 15.5. The lowest BCUT2D eigenvalue weighted by Crippen LogP contribution is -1.98. The van der Waals surface area contributed by atoms with Crippen LogP contribution in [0.1, 0.15) is 16.5 Å². The van der Waals surface area contributed by atoms with E-state index >= 15 is 0 Å². The monoisotopic (exact) mass is 362 g/mol. The van der Waals surface area contributed by atoms with Crippen molar-refractivity contribution in [2.45, 2.75) is 5.38 Å². The Kier molecular flexibility index (Phi) is 4.71. The molecule has 1 unspecified atom stereocenters. The van der Waals surface area contributed by atoms with Crippen LogP contribution >= 0.6 is 39.1 Å². The van der Waals surface area contributed by atoms with Crippen LogP contribution in [0.5, 0.6) is 5.75 Å². The number of rotatable bonds is 3. The van der Waals surface area contributed by atoms with Crippen molar-refractivity contribution in [2.75, 3.05) is 7.11 Å². The highest BCUT2D eigenvalue weighted by atomic mass is 79.9. The van der Waals surface area contributed by atoms with Crippen LogP contribution in [0.2, 0.25) is 5.02 Å². The molecule has 0 aliphatic rings. The third-order valence-corrected chi connectivity index (χ3v) is 4.38. The molecule has 0 fully saturated rings. The van der Waals surface area contributed by atoms with Gasteiger partial charge < -0.3 is 4.74 Å². The van der Waals surface area contributed by atoms with Gasteiger partial charge in [-0.05, 0) is 45.8 Å². The molecule has 0 heterocycles. The molecule has 2 rings (SSSR count). The SMILES string of the molecule is COc1cccc(C(Cl)c2cc(Cl)c(Br)cc2F)c1. The summed E-state index contributed by atoms with van der Waals surface area (Å²) in [5, 5.41) is -0.203. The maximum absolute atomic E-state index is 13.9. The molecule has 0 aromatic heterocycles. The largest absolute Gasteiger partial charge is 0.497 e. The molecule has 2 aromatic carbocycles. The van der Waals surface area contributed by atoms with Crippen molar-refractivity contribution in [1.82, 2.24) is 0 Å². The van der Waals surface area contributed by atoms with E-state index in [4.69, 9.17) is 27.9 Å². The highest BCUT2D eigenvalue weighted by Gasteiger charge is 2.17. The van der Waals surface area contributed by atoms with Gasteiger partial charge in [0.15, 0.2) is 0 Å². The van der Waals surface area contributed by atoms with Gasteiger partial charge >= 0.3 is 0 Å². The first-order valence-corrected chi connectivity index (χ1v) is 7.06. The number of benzene rings is 2. The number of hydrogen-bond acceptors (Lipinski definition) is 1. The number of halogens is 4. The quantitative estimate of drug-likeness (QED) is 0.511. The summed E-state index contributed by atoms with van der Waals surface area (Å²) in [4.78, 5) is 0. The molecule has 0 aliphatic heterocycles. The van der Waals surface area contributed by atoms with Crippen LogP contribution in [-0.4, -0.2) is 7.11 Å². The summed E-state index contributed by atoms with van der Waals surface area (Å²) in [7, 11) is 1.57. The van der Waals surface area contributed by atoms with E-state index < -0.39 is 11.2 Å². The second kappa shape index (κ2) is 6.12. The molecule has 1 nitrogen and oxygen atoms in total. The van der Waals surface area contributed by atoms with E-state index in [-0.39, 0.29) is 0 Å². The number of alkyl halides is 1. The number of ether oxygens (including phenoxy) is 1. The van der Waals surface area contributed by atoms with Gasteiger partial charge in [-0.2, -0.15) is 0 Å². The first-order chi connectivity index (χ1) is 9.02. The predicted octanol–water partition coefficient (Wildman–Crippen LogP) is 5.58. The van der Waals surface area contributed by atoms with Gasteiger partial charge in [-0.1, -0.05) is 23.7 Å². The van der Waals surface area contributed by atoms with Crippen LogP contribution in [0.15, 0.2) is 40.9 Å². The summed E-state index contributed by atoms with van der Waals surface area (Å²) in [5.74, 6) is 0.269. The maximum Gasteiger partial charge on any atom is 0.129 e. The fourth-order valence-corrected chi connectivity index (χ4v) is 2.50. The minimum atomic E-state index is -0.624. The van der Waals surface area contributed by atoms with Crippen molar-refractivity contribution in [2.24, 2.45) is 0 Å². The van der Waals surface area contributed by atoms with Crippen molar-refractivity contribution >= 4 is 39.1 Å². The van der Waals surface area contributed by atoms with E-state index in [0.29, 0.717) is 20.8 Å². The Balaban J connectivity index is 2.43. The molecule has 1 atom stereocenters. The predicted molar refractivity (Wildman–Crippen MR) is 79.8 cm³/mol. The molecular formula is C14H10BrCl2FO. The van der Waals surface area contributed by atoms with E-state index in [1.54, 1.807) is 19.2 Å². The molecule has 0 saturated carbocycles. The van der Waals surface area contributed by atoms with Crippen molar-refractivity contribution in [3.63, 3.8) is 0 Å². The van der Waals surface area contributed by atoms with Crippen LogP contribution in [0.25, 0.3) is 0 Å². The van der Waals surface area contributed by atoms with E-state index in [1.165, 1.54) is 12.1 Å². The lowest BCUT2D eigenvalue weighted by molar-refractivity contribution is 0.414. The Bertz CT molecular complexity index is 604. The fraction of sp³-hybridized carbons (Fsp3) is 0.143. The average molecular weight is 364 g/mol. The topological polar surface area (TPSA) is 9.23 Å². The molecule has 2 aromatic rings. The van der Waals surface area contributed by atoms with Gasteiger partial charge in [-0.15, -0.1) is 11.6 Å². The zero-order valence-corrected chi connectivity index (χ0v) is 13.1. The van der Waals surface area contributed by atoms with E-state index in [1.807, 2.05) is 12.1 Å². The van der Waals surface area contributed by atoms with Crippen LogP contribution in [-0.2, 0) is 0 Å². The zero-order chi connectivity index (χ0) is 14.0. The number of hydrogen-bond donors (Lipinski definition) is 0. The first kappa shape index (κ1) is 14.6. The van der Waals surface area contributed by atoms with Crippen molar-refractivity contribution in [3.8, 4) is 5.75 Å². The molecule has 0 radical (unpaired) electrons. The van der Waals surface area contributed by atoms with Gasteiger partial charge in [0.25, 0.3) is 0 Å². The van der Waals surface area contributed by atoms with Crippen LogP contribution in [0, 0.1) is 5.82 Å². The van der Waals surface area contributed by atoms with Crippen LogP contribution in [0.4, 0.5) is 4.39 Å². The van der Waals surface area contributed by atoms with Gasteiger partial charge in [-0.25, -0.2) is 4.39 Å². The molecule has 0 bridgehead atoms. The normalized spacial score (nSPS) is 12.3. The highest BCUT2D eigenvalue weighted by molar-refractivity contribution is 9.10. The zero-order valence-electron chi connectivity index (χ0n) is 9.96. The lowest BCUT2D eigenvalue weighted by atomic mass is 10.0. The minimum absolute atomic E-state index is 0.336. The fourth-order valence-electron chi connectivity index (χ4n) is 1.71. The molecule has 0 saturated heterocycles. The molecule has 0 spiro atoms. The molecule has 5 heteroatoms. The highest BCUT2D eigenvalue weighted by Crippen LogP contribution is 2.36. The smallest absolute Gasteiger partial charge is 0.129 e. The molecule has 100 valence electrons. The Hall–Kier alpha value is -0.770.